The summed E-state index contributed by atoms with van der Waals surface area (Å²) in [7, 11) is 0. The van der Waals surface area contributed by atoms with E-state index in [2.05, 4.69) is 19.2 Å². The lowest BCUT2D eigenvalue weighted by Crippen LogP contribution is -2.23. The monoisotopic (exact) mass is 291 g/mol. The van der Waals surface area contributed by atoms with Gasteiger partial charge in [0.25, 0.3) is 0 Å². The Hall–Kier alpha value is -1.93. The Morgan fingerprint density at radius 1 is 1.48 bits per heavy atom. The van der Waals surface area contributed by atoms with Crippen LogP contribution in [0.15, 0.2) is 12.1 Å². The largest absolute Gasteiger partial charge is 0.330 e. The van der Waals surface area contributed by atoms with Gasteiger partial charge in [-0.25, -0.2) is 4.39 Å². The van der Waals surface area contributed by atoms with Crippen LogP contribution in [0.5, 0.6) is 0 Å². The summed E-state index contributed by atoms with van der Waals surface area (Å²) in [6.07, 6.45) is 1.17. The third kappa shape index (κ3) is 5.16. The lowest BCUT2D eigenvalue weighted by atomic mass is 9.94. The van der Waals surface area contributed by atoms with Crippen LogP contribution in [-0.4, -0.2) is 12.5 Å². The maximum Gasteiger partial charge on any atom is 0.224 e. The molecule has 0 saturated heterocycles. The van der Waals surface area contributed by atoms with Gasteiger partial charge < -0.3 is 11.1 Å². The van der Waals surface area contributed by atoms with Gasteiger partial charge in [-0.2, -0.15) is 5.26 Å². The number of amides is 1. The molecule has 4 nitrogen and oxygen atoms in total. The van der Waals surface area contributed by atoms with E-state index in [0.29, 0.717) is 30.1 Å². The molecule has 0 spiro atoms. The number of halogens is 1. The molecule has 0 radical (unpaired) electrons. The summed E-state index contributed by atoms with van der Waals surface area (Å²) in [6.45, 7) is 6.17. The van der Waals surface area contributed by atoms with E-state index in [-0.39, 0.29) is 17.4 Å². The fourth-order valence-corrected chi connectivity index (χ4v) is 2.27. The molecular formula is C16H22FN3O. The van der Waals surface area contributed by atoms with Crippen molar-refractivity contribution >= 4 is 11.6 Å². The molecule has 1 aromatic carbocycles. The molecule has 0 saturated carbocycles. The van der Waals surface area contributed by atoms with Gasteiger partial charge in [0, 0.05) is 17.7 Å². The van der Waals surface area contributed by atoms with Gasteiger partial charge in [0.1, 0.15) is 5.82 Å². The fourth-order valence-electron chi connectivity index (χ4n) is 2.27. The summed E-state index contributed by atoms with van der Waals surface area (Å²) in [5, 5.41) is 11.5. The van der Waals surface area contributed by atoms with Crippen LogP contribution in [0.4, 0.5) is 10.1 Å². The van der Waals surface area contributed by atoms with Gasteiger partial charge in [0.05, 0.1) is 11.6 Å². The van der Waals surface area contributed by atoms with Crippen molar-refractivity contribution in [1.82, 2.24) is 0 Å². The van der Waals surface area contributed by atoms with Crippen molar-refractivity contribution in [3.8, 4) is 6.07 Å². The lowest BCUT2D eigenvalue weighted by molar-refractivity contribution is -0.117. The zero-order valence-corrected chi connectivity index (χ0v) is 12.7. The first-order chi connectivity index (χ1) is 9.87. The molecular weight excluding hydrogens is 269 g/mol. The second-order valence-electron chi connectivity index (χ2n) is 5.73. The standard InChI is InChI=1S/C16H22FN3O/c1-10(2)4-12(8-18)7-16(21)20-15-6-13(9-19)5-14(17)11(15)3/h5-6,10,12H,4,7-8,18H2,1-3H3,(H,20,21). The van der Waals surface area contributed by atoms with E-state index in [1.165, 1.54) is 6.07 Å². The Kier molecular flexibility index (Phi) is 6.32. The molecule has 0 aliphatic carbocycles. The molecule has 1 aromatic rings. The van der Waals surface area contributed by atoms with Crippen molar-refractivity contribution in [3.63, 3.8) is 0 Å². The predicted molar refractivity (Wildman–Crippen MR) is 81.1 cm³/mol. The van der Waals surface area contributed by atoms with E-state index >= 15 is 0 Å². The quantitative estimate of drug-likeness (QED) is 0.845. The Morgan fingerprint density at radius 2 is 2.14 bits per heavy atom. The third-order valence-corrected chi connectivity index (χ3v) is 3.36. The van der Waals surface area contributed by atoms with Gasteiger partial charge in [0.2, 0.25) is 5.91 Å². The second-order valence-corrected chi connectivity index (χ2v) is 5.73. The van der Waals surface area contributed by atoms with Crippen molar-refractivity contribution in [3.05, 3.63) is 29.1 Å². The zero-order valence-electron chi connectivity index (χ0n) is 12.7. The molecule has 0 aliphatic heterocycles. The SMILES string of the molecule is Cc1c(F)cc(C#N)cc1NC(=O)CC(CN)CC(C)C. The molecule has 1 rings (SSSR count). The van der Waals surface area contributed by atoms with E-state index in [4.69, 9.17) is 11.0 Å². The average Bonchev–Trinajstić information content (AvgIpc) is 2.42. The molecule has 114 valence electrons. The Bertz CT molecular complexity index is 549. The highest BCUT2D eigenvalue weighted by molar-refractivity contribution is 5.91. The summed E-state index contributed by atoms with van der Waals surface area (Å²) in [5.74, 6) is -0.132. The van der Waals surface area contributed by atoms with Crippen LogP contribution in [-0.2, 0) is 4.79 Å². The number of nitrogens with one attached hydrogen (secondary N) is 1. The zero-order chi connectivity index (χ0) is 16.0. The predicted octanol–water partition coefficient (Wildman–Crippen LogP) is 2.96. The van der Waals surface area contributed by atoms with E-state index in [1.807, 2.05) is 6.07 Å². The van der Waals surface area contributed by atoms with Gasteiger partial charge in [-0.05, 0) is 43.9 Å². The highest BCUT2D eigenvalue weighted by Gasteiger charge is 2.16. The molecule has 1 atom stereocenters. The molecule has 21 heavy (non-hydrogen) atoms. The highest BCUT2D eigenvalue weighted by Crippen LogP contribution is 2.22. The maximum atomic E-state index is 13.7. The van der Waals surface area contributed by atoms with Gasteiger partial charge in [0.15, 0.2) is 0 Å². The van der Waals surface area contributed by atoms with Crippen LogP contribution in [0.25, 0.3) is 0 Å². The number of benzene rings is 1. The first-order valence-electron chi connectivity index (χ1n) is 7.07. The van der Waals surface area contributed by atoms with Gasteiger partial charge in [-0.15, -0.1) is 0 Å². The molecule has 0 aromatic heterocycles. The van der Waals surface area contributed by atoms with Crippen LogP contribution < -0.4 is 11.1 Å². The highest BCUT2D eigenvalue weighted by atomic mass is 19.1. The van der Waals surface area contributed by atoms with Crippen molar-refractivity contribution in [2.75, 3.05) is 11.9 Å². The minimum atomic E-state index is -0.498. The molecule has 0 fully saturated rings. The Labute approximate surface area is 125 Å². The number of nitrogens with zero attached hydrogens (tertiary/aromatic N) is 1. The van der Waals surface area contributed by atoms with Crippen molar-refractivity contribution in [1.29, 1.82) is 5.26 Å². The van der Waals surface area contributed by atoms with E-state index in [0.717, 1.165) is 12.5 Å². The van der Waals surface area contributed by atoms with Gasteiger partial charge in [-0.3, -0.25) is 4.79 Å². The number of nitrogens with two attached hydrogens (primary N) is 1. The summed E-state index contributed by atoms with van der Waals surface area (Å²) >= 11 is 0. The van der Waals surface area contributed by atoms with Gasteiger partial charge in [-0.1, -0.05) is 13.8 Å². The Balaban J connectivity index is 2.79. The molecule has 1 unspecified atom stereocenters. The molecule has 5 heteroatoms. The lowest BCUT2D eigenvalue weighted by Gasteiger charge is -2.17. The summed E-state index contributed by atoms with van der Waals surface area (Å²) in [4.78, 5) is 12.1. The second kappa shape index (κ2) is 7.75. The summed E-state index contributed by atoms with van der Waals surface area (Å²) in [5.41, 5.74) is 6.54. The number of hydrogen-bond donors (Lipinski definition) is 2. The number of nitriles is 1. The first kappa shape index (κ1) is 17.1. The van der Waals surface area contributed by atoms with E-state index < -0.39 is 5.82 Å². The molecule has 3 N–H and O–H groups in total. The Morgan fingerprint density at radius 3 is 2.67 bits per heavy atom. The summed E-state index contributed by atoms with van der Waals surface area (Å²) < 4.78 is 13.7. The maximum absolute atomic E-state index is 13.7. The van der Waals surface area contributed by atoms with Crippen LogP contribution in [0.2, 0.25) is 0 Å². The van der Waals surface area contributed by atoms with E-state index in [1.54, 1.807) is 6.92 Å². The normalized spacial score (nSPS) is 12.0. The van der Waals surface area contributed by atoms with Crippen LogP contribution in [0.1, 0.15) is 37.8 Å². The first-order valence-corrected chi connectivity index (χ1v) is 7.07. The molecule has 0 bridgehead atoms. The molecule has 0 aliphatic rings. The van der Waals surface area contributed by atoms with Crippen molar-refractivity contribution < 1.29 is 9.18 Å². The number of hydrogen-bond acceptors (Lipinski definition) is 3. The number of carbonyl (C=O) groups excluding carboxylic acids is 1. The number of carbonyl (C=O) groups is 1. The fraction of sp³-hybridized carbons (Fsp3) is 0.500. The molecule has 1 amide bonds. The topological polar surface area (TPSA) is 78.9 Å². The number of anilines is 1. The van der Waals surface area contributed by atoms with Gasteiger partial charge >= 0.3 is 0 Å². The minimum absolute atomic E-state index is 0.106. The van der Waals surface area contributed by atoms with Crippen LogP contribution >= 0.6 is 0 Å². The van der Waals surface area contributed by atoms with Crippen molar-refractivity contribution in [2.24, 2.45) is 17.6 Å². The van der Waals surface area contributed by atoms with Crippen LogP contribution in [0.3, 0.4) is 0 Å². The third-order valence-electron chi connectivity index (χ3n) is 3.36. The van der Waals surface area contributed by atoms with Crippen molar-refractivity contribution in [2.45, 2.75) is 33.6 Å². The number of rotatable bonds is 6. The molecule has 0 heterocycles. The average molecular weight is 291 g/mol. The van der Waals surface area contributed by atoms with Crippen LogP contribution in [0, 0.1) is 35.9 Å². The minimum Gasteiger partial charge on any atom is -0.330 e. The van der Waals surface area contributed by atoms with E-state index in [9.17, 15) is 9.18 Å². The summed E-state index contributed by atoms with van der Waals surface area (Å²) in [6, 6.07) is 4.52. The smallest absolute Gasteiger partial charge is 0.224 e.